The fourth-order valence-corrected chi connectivity index (χ4v) is 2.20. The van der Waals surface area contributed by atoms with Crippen LogP contribution in [0.25, 0.3) is 0 Å². The lowest BCUT2D eigenvalue weighted by molar-refractivity contribution is 0.101. The number of hydrogen-bond donors (Lipinski definition) is 0. The number of carbonyl (C=O) groups is 1. The van der Waals surface area contributed by atoms with Gasteiger partial charge in [-0.05, 0) is 18.2 Å². The molecule has 2 aromatic rings. The van der Waals surface area contributed by atoms with E-state index >= 15 is 0 Å². The van der Waals surface area contributed by atoms with E-state index in [4.69, 9.17) is 0 Å². The first-order valence-corrected chi connectivity index (χ1v) is 6.04. The molecule has 0 unspecified atom stereocenters. The molecule has 0 saturated heterocycles. The summed E-state index contributed by atoms with van der Waals surface area (Å²) in [5.41, 5.74) is 0. The zero-order valence-electron chi connectivity index (χ0n) is 9.26. The first kappa shape index (κ1) is 11.9. The highest BCUT2D eigenvalue weighted by Crippen LogP contribution is 2.19. The van der Waals surface area contributed by atoms with E-state index in [9.17, 15) is 9.18 Å². The quantitative estimate of drug-likeness (QED) is 0.618. The molecular formula is C12H11FN2OS. The van der Waals surface area contributed by atoms with Crippen LogP contribution in [0.4, 0.5) is 4.39 Å². The largest absolute Gasteiger partial charge is 0.332 e. The molecule has 1 aromatic carbocycles. The van der Waals surface area contributed by atoms with E-state index in [2.05, 4.69) is 4.98 Å². The van der Waals surface area contributed by atoms with Gasteiger partial charge in [-0.1, -0.05) is 6.07 Å². The lowest BCUT2D eigenvalue weighted by Gasteiger charge is -2.01. The first-order chi connectivity index (χ1) is 8.16. The van der Waals surface area contributed by atoms with E-state index in [0.717, 1.165) is 4.90 Å². The van der Waals surface area contributed by atoms with Crippen molar-refractivity contribution >= 4 is 17.5 Å². The van der Waals surface area contributed by atoms with Gasteiger partial charge in [0.2, 0.25) is 5.78 Å². The molecule has 0 amide bonds. The monoisotopic (exact) mass is 250 g/mol. The Balaban J connectivity index is 1.99. The summed E-state index contributed by atoms with van der Waals surface area (Å²) in [5, 5.41) is 0. The smallest absolute Gasteiger partial charge is 0.208 e. The Morgan fingerprint density at radius 2 is 2.35 bits per heavy atom. The molecule has 0 aliphatic heterocycles. The van der Waals surface area contributed by atoms with Crippen LogP contribution in [0.1, 0.15) is 10.6 Å². The fraction of sp³-hybridized carbons (Fsp3) is 0.167. The molecule has 17 heavy (non-hydrogen) atoms. The molecule has 0 N–H and O–H groups in total. The summed E-state index contributed by atoms with van der Waals surface area (Å²) < 4.78 is 14.6. The summed E-state index contributed by atoms with van der Waals surface area (Å²) in [6.07, 6.45) is 3.31. The van der Waals surface area contributed by atoms with E-state index in [1.54, 1.807) is 36.1 Å². The lowest BCUT2D eigenvalue weighted by atomic mass is 10.3. The molecular weight excluding hydrogens is 239 g/mol. The molecule has 0 fully saturated rings. The van der Waals surface area contributed by atoms with Gasteiger partial charge in [-0.25, -0.2) is 9.37 Å². The van der Waals surface area contributed by atoms with Crippen molar-refractivity contribution in [2.75, 3.05) is 5.75 Å². The van der Waals surface area contributed by atoms with Gasteiger partial charge in [0.05, 0.1) is 5.75 Å². The number of nitrogens with zero attached hydrogens (tertiary/aromatic N) is 2. The predicted molar refractivity (Wildman–Crippen MR) is 64.7 cm³/mol. The second-order valence-electron chi connectivity index (χ2n) is 3.53. The number of ketones is 1. The fourth-order valence-electron chi connectivity index (χ4n) is 1.40. The number of carbonyl (C=O) groups excluding carboxylic acids is 1. The molecule has 0 radical (unpaired) electrons. The zero-order chi connectivity index (χ0) is 12.3. The van der Waals surface area contributed by atoms with Gasteiger partial charge < -0.3 is 4.57 Å². The topological polar surface area (TPSA) is 34.9 Å². The maximum Gasteiger partial charge on any atom is 0.208 e. The first-order valence-electron chi connectivity index (χ1n) is 5.05. The lowest BCUT2D eigenvalue weighted by Crippen LogP contribution is -2.09. The van der Waals surface area contributed by atoms with Crippen LogP contribution in [0.3, 0.4) is 0 Å². The van der Waals surface area contributed by atoms with Crippen molar-refractivity contribution in [3.05, 3.63) is 48.3 Å². The number of rotatable bonds is 4. The van der Waals surface area contributed by atoms with Crippen molar-refractivity contribution < 1.29 is 9.18 Å². The molecule has 88 valence electrons. The van der Waals surface area contributed by atoms with Crippen LogP contribution in [-0.4, -0.2) is 21.1 Å². The van der Waals surface area contributed by atoms with Gasteiger partial charge in [-0.2, -0.15) is 0 Å². The number of thioether (sulfide) groups is 1. The third-order valence-electron chi connectivity index (χ3n) is 2.24. The van der Waals surface area contributed by atoms with Gasteiger partial charge in [0.25, 0.3) is 0 Å². The Morgan fingerprint density at radius 1 is 1.53 bits per heavy atom. The average Bonchev–Trinajstić information content (AvgIpc) is 2.72. The van der Waals surface area contributed by atoms with E-state index in [1.807, 2.05) is 0 Å². The Labute approximate surface area is 103 Å². The molecule has 0 atom stereocenters. The zero-order valence-corrected chi connectivity index (χ0v) is 10.1. The number of halogens is 1. The molecule has 5 heteroatoms. The third kappa shape index (κ3) is 2.94. The molecule has 0 bridgehead atoms. The van der Waals surface area contributed by atoms with Crippen LogP contribution < -0.4 is 0 Å². The van der Waals surface area contributed by atoms with E-state index in [0.29, 0.717) is 5.82 Å². The van der Waals surface area contributed by atoms with Crippen LogP contribution in [0.5, 0.6) is 0 Å². The Kier molecular flexibility index (Phi) is 3.58. The molecule has 0 aliphatic carbocycles. The normalized spacial score (nSPS) is 10.5. The maximum absolute atomic E-state index is 12.9. The molecule has 1 heterocycles. The van der Waals surface area contributed by atoms with Crippen molar-refractivity contribution in [2.24, 2.45) is 7.05 Å². The summed E-state index contributed by atoms with van der Waals surface area (Å²) in [6.45, 7) is 0. The highest BCUT2D eigenvalue weighted by Gasteiger charge is 2.11. The molecule has 0 spiro atoms. The molecule has 0 saturated carbocycles. The van der Waals surface area contributed by atoms with Crippen molar-refractivity contribution in [3.63, 3.8) is 0 Å². The summed E-state index contributed by atoms with van der Waals surface area (Å²) in [6, 6.07) is 6.20. The number of Topliss-reactive ketones (excluding diaryl/α,β-unsaturated/α-hetero) is 1. The third-order valence-corrected chi connectivity index (χ3v) is 3.23. The average molecular weight is 250 g/mol. The number of aromatic nitrogens is 2. The Hall–Kier alpha value is -1.62. The van der Waals surface area contributed by atoms with Gasteiger partial charge in [-0.3, -0.25) is 4.79 Å². The molecule has 3 nitrogen and oxygen atoms in total. The van der Waals surface area contributed by atoms with Crippen molar-refractivity contribution in [2.45, 2.75) is 4.90 Å². The minimum atomic E-state index is -0.292. The van der Waals surface area contributed by atoms with Crippen molar-refractivity contribution in [1.29, 1.82) is 0 Å². The number of aryl methyl sites for hydroxylation is 1. The number of hydrogen-bond acceptors (Lipinski definition) is 3. The summed E-state index contributed by atoms with van der Waals surface area (Å²) in [7, 11) is 1.77. The summed E-state index contributed by atoms with van der Waals surface area (Å²) in [5.74, 6) is 0.328. The second kappa shape index (κ2) is 5.14. The minimum absolute atomic E-state index is 0.0632. The Morgan fingerprint density at radius 3 is 3.00 bits per heavy atom. The van der Waals surface area contributed by atoms with Gasteiger partial charge in [0.1, 0.15) is 5.82 Å². The van der Waals surface area contributed by atoms with Crippen LogP contribution in [-0.2, 0) is 7.05 Å². The van der Waals surface area contributed by atoms with Gasteiger partial charge in [-0.15, -0.1) is 11.8 Å². The van der Waals surface area contributed by atoms with Gasteiger partial charge >= 0.3 is 0 Å². The van der Waals surface area contributed by atoms with Crippen molar-refractivity contribution in [1.82, 2.24) is 9.55 Å². The maximum atomic E-state index is 12.9. The summed E-state index contributed by atoms with van der Waals surface area (Å²) >= 11 is 1.31. The van der Waals surface area contributed by atoms with Crippen LogP contribution in [0, 0.1) is 5.82 Å². The van der Waals surface area contributed by atoms with Gasteiger partial charge in [0, 0.05) is 24.3 Å². The standard InChI is InChI=1S/C12H11FN2OS/c1-15-6-5-14-12(15)11(16)8-17-10-4-2-3-9(13)7-10/h2-7H,8H2,1H3. The molecule has 0 aliphatic rings. The highest BCUT2D eigenvalue weighted by molar-refractivity contribution is 8.00. The summed E-state index contributed by atoms with van der Waals surface area (Å²) in [4.78, 5) is 16.5. The Bertz CT molecular complexity index is 539. The van der Waals surface area contributed by atoms with Crippen LogP contribution in [0.15, 0.2) is 41.6 Å². The second-order valence-corrected chi connectivity index (χ2v) is 4.58. The molecule has 1 aromatic heterocycles. The van der Waals surface area contributed by atoms with E-state index < -0.39 is 0 Å². The van der Waals surface area contributed by atoms with Crippen LogP contribution >= 0.6 is 11.8 Å². The van der Waals surface area contributed by atoms with Crippen molar-refractivity contribution in [3.8, 4) is 0 Å². The molecule has 2 rings (SSSR count). The SMILES string of the molecule is Cn1ccnc1C(=O)CSc1cccc(F)c1. The predicted octanol–water partition coefficient (Wildman–Crippen LogP) is 2.53. The van der Waals surface area contributed by atoms with Crippen LogP contribution in [0.2, 0.25) is 0 Å². The van der Waals surface area contributed by atoms with E-state index in [1.165, 1.54) is 23.9 Å². The number of imidazole rings is 1. The van der Waals surface area contributed by atoms with Gasteiger partial charge in [0.15, 0.2) is 5.82 Å². The van der Waals surface area contributed by atoms with E-state index in [-0.39, 0.29) is 17.4 Å². The highest BCUT2D eigenvalue weighted by atomic mass is 32.2. The number of benzene rings is 1. The minimum Gasteiger partial charge on any atom is -0.332 e.